The Morgan fingerprint density at radius 1 is 0.889 bits per heavy atom. The second-order valence-corrected chi connectivity index (χ2v) is 7.25. The zero-order valence-corrected chi connectivity index (χ0v) is 12.0. The lowest BCUT2D eigenvalue weighted by molar-refractivity contribution is 0.411. The molecule has 0 saturated heterocycles. The predicted molar refractivity (Wildman–Crippen MR) is 82.5 cm³/mol. The van der Waals surface area contributed by atoms with Crippen LogP contribution in [0.5, 0.6) is 0 Å². The summed E-state index contributed by atoms with van der Waals surface area (Å²) < 4.78 is 2.80. The fourth-order valence-electron chi connectivity index (χ4n) is 2.49. The summed E-state index contributed by atoms with van der Waals surface area (Å²) >= 11 is 1.90. The lowest BCUT2D eigenvalue weighted by atomic mass is 9.88. The van der Waals surface area contributed by atoms with Crippen LogP contribution in [-0.2, 0) is 6.42 Å². The molecule has 0 spiro atoms. The fourth-order valence-corrected chi connectivity index (χ4v) is 3.66. The van der Waals surface area contributed by atoms with Gasteiger partial charge in [0.15, 0.2) is 0 Å². The van der Waals surface area contributed by atoms with Gasteiger partial charge >= 0.3 is 0 Å². The maximum Gasteiger partial charge on any atom is 0.0358 e. The van der Waals surface area contributed by atoms with Crippen LogP contribution in [0.15, 0.2) is 42.5 Å². The van der Waals surface area contributed by atoms with Crippen LogP contribution in [0.25, 0.3) is 20.2 Å². The van der Waals surface area contributed by atoms with E-state index in [0.29, 0.717) is 5.41 Å². The molecule has 1 heteroatoms. The first-order valence-electron chi connectivity index (χ1n) is 6.43. The summed E-state index contributed by atoms with van der Waals surface area (Å²) in [5.74, 6) is 0. The number of fused-ring (bicyclic) bond motifs is 3. The summed E-state index contributed by atoms with van der Waals surface area (Å²) in [6, 6.07) is 15.6. The summed E-state index contributed by atoms with van der Waals surface area (Å²) in [5.41, 5.74) is 1.80. The van der Waals surface area contributed by atoms with Crippen LogP contribution in [0.3, 0.4) is 0 Å². The third kappa shape index (κ3) is 2.15. The molecule has 0 saturated carbocycles. The van der Waals surface area contributed by atoms with E-state index in [0.717, 1.165) is 6.42 Å². The lowest BCUT2D eigenvalue weighted by Gasteiger charge is -2.17. The Balaban J connectivity index is 2.15. The van der Waals surface area contributed by atoms with E-state index in [2.05, 4.69) is 63.2 Å². The zero-order valence-electron chi connectivity index (χ0n) is 11.2. The molecule has 0 amide bonds. The van der Waals surface area contributed by atoms with E-state index in [1.165, 1.54) is 25.7 Å². The molecule has 18 heavy (non-hydrogen) atoms. The highest BCUT2D eigenvalue weighted by Gasteiger charge is 2.12. The van der Waals surface area contributed by atoms with Gasteiger partial charge in [-0.15, -0.1) is 11.3 Å². The van der Waals surface area contributed by atoms with Gasteiger partial charge in [0, 0.05) is 20.2 Å². The molecule has 0 atom stereocenters. The minimum Gasteiger partial charge on any atom is -0.135 e. The minimum atomic E-state index is 0.352. The molecule has 0 radical (unpaired) electrons. The van der Waals surface area contributed by atoms with Crippen LogP contribution in [0.4, 0.5) is 0 Å². The average Bonchev–Trinajstić information content (AvgIpc) is 2.64. The number of benzene rings is 2. The predicted octanol–water partition coefficient (Wildman–Crippen LogP) is 5.64. The van der Waals surface area contributed by atoms with Crippen molar-refractivity contribution in [1.82, 2.24) is 0 Å². The van der Waals surface area contributed by atoms with Crippen molar-refractivity contribution < 1.29 is 0 Å². The molecule has 1 heterocycles. The maximum atomic E-state index is 2.37. The van der Waals surface area contributed by atoms with E-state index in [9.17, 15) is 0 Å². The maximum absolute atomic E-state index is 2.37. The Bertz CT molecular complexity index is 698. The highest BCUT2D eigenvalue weighted by Crippen LogP contribution is 2.35. The fraction of sp³-hybridized carbons (Fsp3) is 0.294. The van der Waals surface area contributed by atoms with Gasteiger partial charge in [-0.3, -0.25) is 0 Å². The molecule has 3 aromatic rings. The first-order chi connectivity index (χ1) is 8.53. The molecule has 0 aliphatic rings. The second kappa shape index (κ2) is 4.10. The monoisotopic (exact) mass is 254 g/mol. The Morgan fingerprint density at radius 2 is 1.61 bits per heavy atom. The Kier molecular flexibility index (Phi) is 2.67. The third-order valence-corrected chi connectivity index (χ3v) is 4.31. The van der Waals surface area contributed by atoms with E-state index >= 15 is 0 Å². The molecular formula is C17H18S. The van der Waals surface area contributed by atoms with Crippen molar-refractivity contribution in [2.24, 2.45) is 5.41 Å². The van der Waals surface area contributed by atoms with Gasteiger partial charge in [0.05, 0.1) is 0 Å². The molecule has 92 valence electrons. The van der Waals surface area contributed by atoms with Gasteiger partial charge in [-0.05, 0) is 29.5 Å². The summed E-state index contributed by atoms with van der Waals surface area (Å²) in [7, 11) is 0. The zero-order chi connectivity index (χ0) is 12.8. The van der Waals surface area contributed by atoms with Crippen LogP contribution in [0, 0.1) is 5.41 Å². The lowest BCUT2D eigenvalue weighted by Crippen LogP contribution is -2.08. The van der Waals surface area contributed by atoms with Crippen molar-refractivity contribution in [3.05, 3.63) is 48.0 Å². The summed E-state index contributed by atoms with van der Waals surface area (Å²) in [5, 5.41) is 2.79. The van der Waals surface area contributed by atoms with Gasteiger partial charge < -0.3 is 0 Å². The van der Waals surface area contributed by atoms with E-state index in [4.69, 9.17) is 0 Å². The first-order valence-corrected chi connectivity index (χ1v) is 7.25. The van der Waals surface area contributed by atoms with Crippen LogP contribution >= 0.6 is 11.3 Å². The van der Waals surface area contributed by atoms with E-state index in [1.54, 1.807) is 0 Å². The van der Waals surface area contributed by atoms with Crippen LogP contribution in [0.1, 0.15) is 26.3 Å². The van der Waals surface area contributed by atoms with Crippen LogP contribution in [0.2, 0.25) is 0 Å². The number of hydrogen-bond acceptors (Lipinski definition) is 1. The van der Waals surface area contributed by atoms with E-state index < -0.39 is 0 Å². The highest BCUT2D eigenvalue weighted by atomic mass is 32.1. The molecular weight excluding hydrogens is 236 g/mol. The molecule has 3 rings (SSSR count). The third-order valence-electron chi connectivity index (χ3n) is 3.18. The van der Waals surface area contributed by atoms with E-state index in [1.807, 2.05) is 11.3 Å². The molecule has 0 bridgehead atoms. The molecule has 0 unspecified atom stereocenters. The van der Waals surface area contributed by atoms with Gasteiger partial charge in [-0.25, -0.2) is 0 Å². The molecule has 0 nitrogen and oxygen atoms in total. The summed E-state index contributed by atoms with van der Waals surface area (Å²) in [6.45, 7) is 6.88. The highest BCUT2D eigenvalue weighted by molar-refractivity contribution is 7.25. The van der Waals surface area contributed by atoms with Crippen molar-refractivity contribution in [1.29, 1.82) is 0 Å². The van der Waals surface area contributed by atoms with Gasteiger partial charge in [-0.2, -0.15) is 0 Å². The average molecular weight is 254 g/mol. The molecule has 0 N–H and O–H groups in total. The van der Waals surface area contributed by atoms with Gasteiger partial charge in [0.2, 0.25) is 0 Å². The molecule has 1 aromatic heterocycles. The Hall–Kier alpha value is -1.34. The van der Waals surface area contributed by atoms with Crippen molar-refractivity contribution in [3.8, 4) is 0 Å². The molecule has 2 aromatic carbocycles. The van der Waals surface area contributed by atoms with Crippen LogP contribution in [-0.4, -0.2) is 0 Å². The van der Waals surface area contributed by atoms with Crippen molar-refractivity contribution in [2.75, 3.05) is 0 Å². The molecule has 0 aliphatic heterocycles. The smallest absolute Gasteiger partial charge is 0.0358 e. The number of hydrogen-bond donors (Lipinski definition) is 0. The Morgan fingerprint density at radius 3 is 2.39 bits per heavy atom. The topological polar surface area (TPSA) is 0 Å². The van der Waals surface area contributed by atoms with Gasteiger partial charge in [-0.1, -0.05) is 51.1 Å². The Labute approximate surface area is 112 Å². The minimum absolute atomic E-state index is 0.352. The van der Waals surface area contributed by atoms with Crippen molar-refractivity contribution >= 4 is 31.5 Å². The van der Waals surface area contributed by atoms with E-state index in [-0.39, 0.29) is 0 Å². The largest absolute Gasteiger partial charge is 0.135 e. The molecule has 0 fully saturated rings. The summed E-state index contributed by atoms with van der Waals surface area (Å²) in [4.78, 5) is 0. The second-order valence-electron chi connectivity index (χ2n) is 6.17. The van der Waals surface area contributed by atoms with Crippen molar-refractivity contribution in [2.45, 2.75) is 27.2 Å². The first kappa shape index (κ1) is 11.7. The standard InChI is InChI=1S/C17H18S/c1-17(2,3)11-12-8-9-14-13-6-4-5-7-15(13)18-16(14)10-12/h4-10H,11H2,1-3H3. The van der Waals surface area contributed by atoms with Gasteiger partial charge in [0.25, 0.3) is 0 Å². The van der Waals surface area contributed by atoms with Gasteiger partial charge in [0.1, 0.15) is 0 Å². The number of thiophene rings is 1. The number of rotatable bonds is 1. The normalized spacial score (nSPS) is 12.4. The molecule has 0 aliphatic carbocycles. The summed E-state index contributed by atoms with van der Waals surface area (Å²) in [6.07, 6.45) is 1.14. The van der Waals surface area contributed by atoms with Crippen LogP contribution < -0.4 is 0 Å². The van der Waals surface area contributed by atoms with Crippen molar-refractivity contribution in [3.63, 3.8) is 0 Å². The quantitative estimate of drug-likeness (QED) is 0.527. The SMILES string of the molecule is CC(C)(C)Cc1ccc2c(c1)sc1ccccc12.